The molecule has 0 radical (unpaired) electrons. The highest BCUT2D eigenvalue weighted by atomic mass is 19.4. The first-order chi connectivity index (χ1) is 20.0. The lowest BCUT2D eigenvalue weighted by Crippen LogP contribution is -2.44. The zero-order valence-electron chi connectivity index (χ0n) is 23.6. The van der Waals surface area contributed by atoms with E-state index in [1.807, 2.05) is 11.9 Å². The molecule has 1 fully saturated rings. The number of likely N-dealkylation sites (N-methyl/N-ethyl adjacent to an activating group) is 1. The molecule has 1 saturated heterocycles. The number of carbonyl (C=O) groups is 2. The standard InChI is InChI=1S/C30H33F3N6O3/c1-4-5-28(40)37-27-11-9-24(18-34-27)42-23-8-10-26(20(2)16-23)36-29(41)35-22-7-6-21(25(17-22)30(31,32)33)19-39-14-12-38(3)13-15-39/h4-11,16-18H,12-15,19H2,1-3H3,(H,34,37,40)(H2,35,36,41)/b5-4+. The number of urea groups is 1. The second-order valence-electron chi connectivity index (χ2n) is 9.98. The average Bonchev–Trinajstić information content (AvgIpc) is 2.93. The maximum absolute atomic E-state index is 13.9. The minimum atomic E-state index is -4.56. The number of hydrogen-bond acceptors (Lipinski definition) is 6. The van der Waals surface area contributed by atoms with Crippen molar-refractivity contribution in [2.24, 2.45) is 0 Å². The number of alkyl halides is 3. The van der Waals surface area contributed by atoms with Crippen LogP contribution in [0.15, 0.2) is 66.9 Å². The Morgan fingerprint density at radius 3 is 2.36 bits per heavy atom. The van der Waals surface area contributed by atoms with E-state index in [2.05, 4.69) is 25.8 Å². The summed E-state index contributed by atoms with van der Waals surface area (Å²) in [5.74, 6) is 1.00. The minimum Gasteiger partial charge on any atom is -0.456 e. The fourth-order valence-corrected chi connectivity index (χ4v) is 4.40. The highest BCUT2D eigenvalue weighted by Gasteiger charge is 2.34. The number of benzene rings is 2. The third kappa shape index (κ3) is 8.54. The van der Waals surface area contributed by atoms with Crippen LogP contribution in [0.25, 0.3) is 0 Å². The van der Waals surface area contributed by atoms with Crippen LogP contribution < -0.4 is 20.7 Å². The van der Waals surface area contributed by atoms with Gasteiger partial charge in [-0.1, -0.05) is 12.1 Å². The molecule has 9 nitrogen and oxygen atoms in total. The van der Waals surface area contributed by atoms with Gasteiger partial charge in [-0.25, -0.2) is 9.78 Å². The van der Waals surface area contributed by atoms with Crippen LogP contribution in [0, 0.1) is 6.92 Å². The summed E-state index contributed by atoms with van der Waals surface area (Å²) in [4.78, 5) is 32.6. The van der Waals surface area contributed by atoms with Crippen LogP contribution in [0.3, 0.4) is 0 Å². The van der Waals surface area contributed by atoms with Gasteiger partial charge in [-0.15, -0.1) is 0 Å². The Bertz CT molecular complexity index is 1440. The number of piperazine rings is 1. The Labute approximate surface area is 242 Å². The Balaban J connectivity index is 1.37. The van der Waals surface area contributed by atoms with Gasteiger partial charge in [0.25, 0.3) is 0 Å². The molecule has 222 valence electrons. The predicted molar refractivity (Wildman–Crippen MR) is 156 cm³/mol. The molecule has 0 bridgehead atoms. The van der Waals surface area contributed by atoms with Crippen molar-refractivity contribution in [2.45, 2.75) is 26.6 Å². The number of carbonyl (C=O) groups excluding carboxylic acids is 2. The zero-order chi connectivity index (χ0) is 30.3. The molecule has 2 aromatic carbocycles. The molecule has 0 spiro atoms. The van der Waals surface area contributed by atoms with E-state index in [9.17, 15) is 22.8 Å². The van der Waals surface area contributed by atoms with Gasteiger partial charge < -0.3 is 25.6 Å². The predicted octanol–water partition coefficient (Wildman–Crippen LogP) is 6.11. The Morgan fingerprint density at radius 1 is 0.976 bits per heavy atom. The van der Waals surface area contributed by atoms with Crippen molar-refractivity contribution in [1.82, 2.24) is 14.8 Å². The van der Waals surface area contributed by atoms with Gasteiger partial charge in [-0.2, -0.15) is 13.2 Å². The molecule has 3 N–H and O–H groups in total. The van der Waals surface area contributed by atoms with Gasteiger partial charge in [-0.3, -0.25) is 9.69 Å². The normalized spacial score (nSPS) is 14.5. The van der Waals surface area contributed by atoms with Gasteiger partial charge in [0.05, 0.1) is 11.8 Å². The third-order valence-corrected chi connectivity index (χ3v) is 6.65. The van der Waals surface area contributed by atoms with Crippen molar-refractivity contribution >= 4 is 29.1 Å². The van der Waals surface area contributed by atoms with Crippen molar-refractivity contribution in [2.75, 3.05) is 49.2 Å². The monoisotopic (exact) mass is 582 g/mol. The summed E-state index contributed by atoms with van der Waals surface area (Å²) in [6.07, 6.45) is -0.0880. The molecular weight excluding hydrogens is 549 g/mol. The summed E-state index contributed by atoms with van der Waals surface area (Å²) in [6, 6.07) is 11.4. The molecule has 1 aliphatic rings. The molecule has 0 unspecified atom stereocenters. The van der Waals surface area contributed by atoms with Gasteiger partial charge in [0, 0.05) is 44.1 Å². The zero-order valence-corrected chi connectivity index (χ0v) is 23.6. The molecule has 1 aromatic heterocycles. The van der Waals surface area contributed by atoms with Crippen LogP contribution in [0.1, 0.15) is 23.6 Å². The highest BCUT2D eigenvalue weighted by molar-refractivity contribution is 6.00. The molecule has 1 aliphatic heterocycles. The number of aryl methyl sites for hydroxylation is 1. The number of rotatable bonds is 8. The second-order valence-corrected chi connectivity index (χ2v) is 9.98. The number of nitrogens with one attached hydrogen (secondary N) is 3. The molecule has 0 atom stereocenters. The van der Waals surface area contributed by atoms with E-state index in [-0.39, 0.29) is 23.7 Å². The summed E-state index contributed by atoms with van der Waals surface area (Å²) in [7, 11) is 1.99. The van der Waals surface area contributed by atoms with Crippen LogP contribution in [-0.4, -0.2) is 59.9 Å². The van der Waals surface area contributed by atoms with Crippen LogP contribution in [0.2, 0.25) is 0 Å². The lowest BCUT2D eigenvalue weighted by Gasteiger charge is -2.33. The summed E-state index contributed by atoms with van der Waals surface area (Å²) in [5, 5.41) is 7.79. The van der Waals surface area contributed by atoms with Crippen molar-refractivity contribution in [3.8, 4) is 11.5 Å². The molecule has 42 heavy (non-hydrogen) atoms. The maximum atomic E-state index is 13.9. The SMILES string of the molecule is C/C=C/C(=O)Nc1ccc(Oc2ccc(NC(=O)Nc3ccc(CN4CCN(C)CC4)c(C(F)(F)F)c3)c(C)c2)cn1. The molecule has 2 heterocycles. The third-order valence-electron chi connectivity index (χ3n) is 6.65. The quantitative estimate of drug-likeness (QED) is 0.278. The topological polar surface area (TPSA) is 98.8 Å². The van der Waals surface area contributed by atoms with Crippen molar-refractivity contribution in [3.63, 3.8) is 0 Å². The van der Waals surface area contributed by atoms with E-state index < -0.39 is 17.8 Å². The number of allylic oxidation sites excluding steroid dienone is 1. The number of aromatic nitrogens is 1. The number of nitrogens with zero attached hydrogens (tertiary/aromatic N) is 3. The summed E-state index contributed by atoms with van der Waals surface area (Å²) < 4.78 is 47.5. The van der Waals surface area contributed by atoms with Gasteiger partial charge in [-0.05, 0) is 80.6 Å². The molecule has 0 saturated carbocycles. The molecule has 0 aliphatic carbocycles. The Kier molecular flexibility index (Phi) is 9.81. The largest absolute Gasteiger partial charge is 0.456 e. The van der Waals surface area contributed by atoms with Crippen LogP contribution in [0.4, 0.5) is 35.2 Å². The van der Waals surface area contributed by atoms with E-state index >= 15 is 0 Å². The number of ether oxygens (including phenoxy) is 1. The first-order valence-electron chi connectivity index (χ1n) is 13.4. The highest BCUT2D eigenvalue weighted by Crippen LogP contribution is 2.35. The van der Waals surface area contributed by atoms with Crippen molar-refractivity contribution < 1.29 is 27.5 Å². The van der Waals surface area contributed by atoms with E-state index in [1.54, 1.807) is 50.3 Å². The first kappa shape index (κ1) is 30.5. The molecule has 3 aromatic rings. The number of anilines is 3. The van der Waals surface area contributed by atoms with Gasteiger partial charge >= 0.3 is 12.2 Å². The van der Waals surface area contributed by atoms with E-state index in [1.165, 1.54) is 24.4 Å². The van der Waals surface area contributed by atoms with Gasteiger partial charge in [0.1, 0.15) is 17.3 Å². The van der Waals surface area contributed by atoms with Crippen LogP contribution in [0.5, 0.6) is 11.5 Å². The molecular formula is C30H33F3N6O3. The van der Waals surface area contributed by atoms with E-state index in [4.69, 9.17) is 4.74 Å². The van der Waals surface area contributed by atoms with Gasteiger partial charge in [0.2, 0.25) is 5.91 Å². The molecule has 4 rings (SSSR count). The number of hydrogen-bond donors (Lipinski definition) is 3. The van der Waals surface area contributed by atoms with Crippen LogP contribution >= 0.6 is 0 Å². The smallest absolute Gasteiger partial charge is 0.416 e. The molecule has 3 amide bonds. The number of amides is 3. The minimum absolute atomic E-state index is 0.0393. The van der Waals surface area contributed by atoms with Crippen molar-refractivity contribution in [1.29, 1.82) is 0 Å². The van der Waals surface area contributed by atoms with Crippen LogP contribution in [-0.2, 0) is 17.5 Å². The van der Waals surface area contributed by atoms with E-state index in [0.717, 1.165) is 19.2 Å². The molecule has 12 heteroatoms. The fourth-order valence-electron chi connectivity index (χ4n) is 4.40. The second kappa shape index (κ2) is 13.5. The first-order valence-corrected chi connectivity index (χ1v) is 13.4. The Morgan fingerprint density at radius 2 is 1.71 bits per heavy atom. The maximum Gasteiger partial charge on any atom is 0.416 e. The Hall–Kier alpha value is -4.42. The summed E-state index contributed by atoms with van der Waals surface area (Å²) >= 11 is 0. The summed E-state index contributed by atoms with van der Waals surface area (Å²) in [5.41, 5.74) is 0.580. The number of pyridine rings is 1. The lowest BCUT2D eigenvalue weighted by molar-refractivity contribution is -0.138. The lowest BCUT2D eigenvalue weighted by atomic mass is 10.0. The average molecular weight is 583 g/mol. The fraction of sp³-hybridized carbons (Fsp3) is 0.300. The summed E-state index contributed by atoms with van der Waals surface area (Å²) in [6.45, 7) is 6.68. The van der Waals surface area contributed by atoms with Gasteiger partial charge in [0.15, 0.2) is 0 Å². The van der Waals surface area contributed by atoms with E-state index in [0.29, 0.717) is 41.7 Å². The number of halogens is 3. The van der Waals surface area contributed by atoms with Crippen molar-refractivity contribution in [3.05, 3.63) is 83.6 Å².